The Morgan fingerprint density at radius 2 is 1.89 bits per heavy atom. The molecule has 0 aromatic heterocycles. The molecule has 0 aliphatic carbocycles. The second-order valence-corrected chi connectivity index (χ2v) is 4.59. The highest BCUT2D eigenvalue weighted by atomic mass is 19.2. The molecule has 5 heteroatoms. The molecule has 0 fully saturated rings. The Kier molecular flexibility index (Phi) is 4.64. The van der Waals surface area contributed by atoms with Crippen LogP contribution in [0.1, 0.15) is 37.6 Å². The van der Waals surface area contributed by atoms with E-state index in [1.807, 2.05) is 20.8 Å². The molecule has 1 atom stereocenters. The molecule has 0 spiro atoms. The number of anilines is 1. The zero-order valence-electron chi connectivity index (χ0n) is 10.8. The van der Waals surface area contributed by atoms with E-state index < -0.39 is 17.5 Å². The van der Waals surface area contributed by atoms with Crippen LogP contribution in [-0.4, -0.2) is 11.9 Å². The molecule has 0 radical (unpaired) electrons. The lowest BCUT2D eigenvalue weighted by Gasteiger charge is -2.21. The summed E-state index contributed by atoms with van der Waals surface area (Å²) >= 11 is 0. The molecule has 100 valence electrons. The van der Waals surface area contributed by atoms with Crippen molar-refractivity contribution in [1.29, 1.82) is 0 Å². The SMILES string of the molecule is CCC(NC(=O)c1cc(F)c(F)cc1N)C(C)C. The molecule has 0 bridgehead atoms. The van der Waals surface area contributed by atoms with Gasteiger partial charge in [-0.15, -0.1) is 0 Å². The fraction of sp³-hybridized carbons (Fsp3) is 0.462. The Hall–Kier alpha value is -1.65. The number of nitrogens with two attached hydrogens (primary N) is 1. The van der Waals surface area contributed by atoms with Crippen LogP contribution in [0.3, 0.4) is 0 Å². The zero-order valence-corrected chi connectivity index (χ0v) is 10.8. The molecule has 1 aromatic rings. The van der Waals surface area contributed by atoms with Gasteiger partial charge in [0, 0.05) is 17.8 Å². The van der Waals surface area contributed by atoms with Gasteiger partial charge in [-0.3, -0.25) is 4.79 Å². The van der Waals surface area contributed by atoms with Crippen LogP contribution in [0, 0.1) is 17.6 Å². The number of carbonyl (C=O) groups excluding carboxylic acids is 1. The first kappa shape index (κ1) is 14.4. The second kappa shape index (κ2) is 5.80. The zero-order chi connectivity index (χ0) is 13.9. The summed E-state index contributed by atoms with van der Waals surface area (Å²) in [6.07, 6.45) is 0.757. The molecule has 1 amide bonds. The van der Waals surface area contributed by atoms with Gasteiger partial charge in [0.2, 0.25) is 0 Å². The normalized spacial score (nSPS) is 12.6. The largest absolute Gasteiger partial charge is 0.398 e. The molecule has 1 rings (SSSR count). The lowest BCUT2D eigenvalue weighted by atomic mass is 10.0. The number of amides is 1. The second-order valence-electron chi connectivity index (χ2n) is 4.59. The molecule has 0 saturated carbocycles. The van der Waals surface area contributed by atoms with Crippen LogP contribution in [0.4, 0.5) is 14.5 Å². The van der Waals surface area contributed by atoms with Crippen molar-refractivity contribution < 1.29 is 13.6 Å². The molecule has 3 N–H and O–H groups in total. The lowest BCUT2D eigenvalue weighted by Crippen LogP contribution is -2.38. The van der Waals surface area contributed by atoms with E-state index in [9.17, 15) is 13.6 Å². The fourth-order valence-electron chi connectivity index (χ4n) is 1.75. The van der Waals surface area contributed by atoms with E-state index in [0.717, 1.165) is 18.6 Å². The number of benzene rings is 1. The molecule has 1 unspecified atom stereocenters. The number of rotatable bonds is 4. The van der Waals surface area contributed by atoms with Crippen LogP contribution in [0.15, 0.2) is 12.1 Å². The number of hydrogen-bond acceptors (Lipinski definition) is 2. The maximum Gasteiger partial charge on any atom is 0.253 e. The number of halogens is 2. The highest BCUT2D eigenvalue weighted by Crippen LogP contribution is 2.17. The third-order valence-electron chi connectivity index (χ3n) is 2.90. The first-order valence-corrected chi connectivity index (χ1v) is 5.92. The molecule has 1 aromatic carbocycles. The van der Waals surface area contributed by atoms with Crippen molar-refractivity contribution in [3.8, 4) is 0 Å². The maximum atomic E-state index is 13.1. The lowest BCUT2D eigenvalue weighted by molar-refractivity contribution is 0.0925. The van der Waals surface area contributed by atoms with Crippen molar-refractivity contribution >= 4 is 11.6 Å². The summed E-state index contributed by atoms with van der Waals surface area (Å²) in [4.78, 5) is 11.9. The minimum Gasteiger partial charge on any atom is -0.398 e. The van der Waals surface area contributed by atoms with Gasteiger partial charge in [-0.05, 0) is 18.4 Å². The van der Waals surface area contributed by atoms with Crippen molar-refractivity contribution in [3.05, 3.63) is 29.3 Å². The predicted molar refractivity (Wildman–Crippen MR) is 67.2 cm³/mol. The molecule has 0 aliphatic rings. The van der Waals surface area contributed by atoms with Crippen molar-refractivity contribution in [2.24, 2.45) is 5.92 Å². The minimum absolute atomic E-state index is 0.0231. The highest BCUT2D eigenvalue weighted by Gasteiger charge is 2.18. The van der Waals surface area contributed by atoms with Gasteiger partial charge in [0.25, 0.3) is 5.91 Å². The van der Waals surface area contributed by atoms with Gasteiger partial charge in [-0.25, -0.2) is 8.78 Å². The Labute approximate surface area is 105 Å². The summed E-state index contributed by atoms with van der Waals surface area (Å²) in [5.74, 6) is -2.36. The fourth-order valence-corrected chi connectivity index (χ4v) is 1.75. The van der Waals surface area contributed by atoms with E-state index in [4.69, 9.17) is 5.73 Å². The van der Waals surface area contributed by atoms with Gasteiger partial charge in [0.05, 0.1) is 5.56 Å². The maximum absolute atomic E-state index is 13.1. The average molecular weight is 256 g/mol. The highest BCUT2D eigenvalue weighted by molar-refractivity contribution is 5.99. The van der Waals surface area contributed by atoms with Crippen molar-refractivity contribution in [2.75, 3.05) is 5.73 Å². The summed E-state index contributed by atoms with van der Waals surface area (Å²) in [6, 6.07) is 1.62. The molecule has 0 heterocycles. The van der Waals surface area contributed by atoms with Gasteiger partial charge in [-0.1, -0.05) is 20.8 Å². The van der Waals surface area contributed by atoms with E-state index in [1.54, 1.807) is 0 Å². The van der Waals surface area contributed by atoms with Crippen LogP contribution >= 0.6 is 0 Å². The Morgan fingerprint density at radius 1 is 1.33 bits per heavy atom. The van der Waals surface area contributed by atoms with E-state index in [-0.39, 0.29) is 23.2 Å². The summed E-state index contributed by atoms with van der Waals surface area (Å²) in [7, 11) is 0. The number of nitrogens with one attached hydrogen (secondary N) is 1. The Bertz CT molecular complexity index is 447. The number of carbonyl (C=O) groups is 1. The molecule has 0 aliphatic heterocycles. The molecule has 0 saturated heterocycles. The standard InChI is InChI=1S/C13H18F2N2O/c1-4-12(7(2)3)17-13(18)8-5-9(14)10(15)6-11(8)16/h5-7,12H,4,16H2,1-3H3,(H,17,18). The summed E-state index contributed by atoms with van der Waals surface area (Å²) in [5.41, 5.74) is 5.42. The van der Waals surface area contributed by atoms with Gasteiger partial charge >= 0.3 is 0 Å². The number of hydrogen-bond donors (Lipinski definition) is 2. The van der Waals surface area contributed by atoms with Crippen LogP contribution < -0.4 is 11.1 Å². The first-order chi connectivity index (χ1) is 8.36. The van der Waals surface area contributed by atoms with Gasteiger partial charge in [0.1, 0.15) is 0 Å². The monoisotopic (exact) mass is 256 g/mol. The van der Waals surface area contributed by atoms with E-state index in [1.165, 1.54) is 0 Å². The molecular weight excluding hydrogens is 238 g/mol. The average Bonchev–Trinajstić information content (AvgIpc) is 2.29. The third-order valence-corrected chi connectivity index (χ3v) is 2.90. The van der Waals surface area contributed by atoms with Crippen molar-refractivity contribution in [1.82, 2.24) is 5.32 Å². The van der Waals surface area contributed by atoms with E-state index in [2.05, 4.69) is 5.32 Å². The molecule has 18 heavy (non-hydrogen) atoms. The topological polar surface area (TPSA) is 55.1 Å². The molecular formula is C13H18F2N2O. The number of nitrogen functional groups attached to an aromatic ring is 1. The Balaban J connectivity index is 2.94. The van der Waals surface area contributed by atoms with Gasteiger partial charge in [0.15, 0.2) is 11.6 Å². The third kappa shape index (κ3) is 3.18. The van der Waals surface area contributed by atoms with Crippen LogP contribution in [0.25, 0.3) is 0 Å². The van der Waals surface area contributed by atoms with Gasteiger partial charge in [-0.2, -0.15) is 0 Å². The summed E-state index contributed by atoms with van der Waals surface area (Å²) in [6.45, 7) is 5.89. The van der Waals surface area contributed by atoms with Crippen molar-refractivity contribution in [2.45, 2.75) is 33.2 Å². The van der Waals surface area contributed by atoms with Crippen molar-refractivity contribution in [3.63, 3.8) is 0 Å². The summed E-state index contributed by atoms with van der Waals surface area (Å²) < 4.78 is 26.0. The smallest absolute Gasteiger partial charge is 0.253 e. The van der Waals surface area contributed by atoms with Gasteiger partial charge < -0.3 is 11.1 Å². The minimum atomic E-state index is -1.08. The quantitative estimate of drug-likeness (QED) is 0.814. The predicted octanol–water partition coefficient (Wildman–Crippen LogP) is 2.71. The first-order valence-electron chi connectivity index (χ1n) is 5.92. The summed E-state index contributed by atoms with van der Waals surface area (Å²) in [5, 5.41) is 2.76. The van der Waals surface area contributed by atoms with E-state index in [0.29, 0.717) is 0 Å². The van der Waals surface area contributed by atoms with Crippen LogP contribution in [-0.2, 0) is 0 Å². The van der Waals surface area contributed by atoms with E-state index >= 15 is 0 Å². The Morgan fingerprint density at radius 3 is 2.39 bits per heavy atom. The molecule has 3 nitrogen and oxygen atoms in total. The van der Waals surface area contributed by atoms with Crippen LogP contribution in [0.2, 0.25) is 0 Å². The van der Waals surface area contributed by atoms with Crippen LogP contribution in [0.5, 0.6) is 0 Å².